The van der Waals surface area contributed by atoms with Crippen molar-refractivity contribution in [1.82, 2.24) is 45.3 Å². The van der Waals surface area contributed by atoms with Crippen LogP contribution >= 0.6 is 23.5 Å². The molecular weight excluding hydrogens is 530 g/mol. The fourth-order valence-corrected chi connectivity index (χ4v) is 8.94. The van der Waals surface area contributed by atoms with Crippen molar-refractivity contribution in [2.75, 3.05) is 12.9 Å². The molecule has 17 heteroatoms. The van der Waals surface area contributed by atoms with Gasteiger partial charge in [0.15, 0.2) is 21.3 Å². The highest BCUT2D eigenvalue weighted by atomic mass is 32.3. The summed E-state index contributed by atoms with van der Waals surface area (Å²) in [6.45, 7) is 0. The molecule has 0 saturated carbocycles. The van der Waals surface area contributed by atoms with E-state index >= 15 is 0 Å². The predicted octanol–water partition coefficient (Wildman–Crippen LogP) is -0.307. The van der Waals surface area contributed by atoms with Gasteiger partial charge in [-0.25, -0.2) is 17.8 Å². The second-order valence-corrected chi connectivity index (χ2v) is 12.3. The summed E-state index contributed by atoms with van der Waals surface area (Å²) in [5.74, 6) is -1.07. The maximum atomic E-state index is 13.9. The number of thioether (sulfide) groups is 2. The van der Waals surface area contributed by atoms with Gasteiger partial charge in [-0.1, -0.05) is 53.9 Å². The number of carbonyl (C=O) groups excluding carboxylic acids is 2. The Kier molecular flexibility index (Phi) is 6.39. The second kappa shape index (κ2) is 9.38. The van der Waals surface area contributed by atoms with Crippen LogP contribution in [0, 0.1) is 0 Å². The van der Waals surface area contributed by atoms with Gasteiger partial charge >= 0.3 is 0 Å². The molecule has 2 aliphatic heterocycles. The number of hydrogen-bond acceptors (Lipinski definition) is 13. The van der Waals surface area contributed by atoms with Gasteiger partial charge in [-0.2, -0.15) is 0 Å². The molecule has 1 aromatic carbocycles. The summed E-state index contributed by atoms with van der Waals surface area (Å²) < 4.78 is 34.5. The highest BCUT2D eigenvalue weighted by Crippen LogP contribution is 2.47. The van der Waals surface area contributed by atoms with Crippen molar-refractivity contribution in [1.29, 1.82) is 0 Å². The van der Waals surface area contributed by atoms with Gasteiger partial charge in [-0.15, -0.1) is 10.2 Å². The van der Waals surface area contributed by atoms with Crippen LogP contribution in [-0.2, 0) is 33.5 Å². The quantitative estimate of drug-likeness (QED) is 0.204. The van der Waals surface area contributed by atoms with E-state index in [9.17, 15) is 18.0 Å². The fraction of sp³-hybridized carbons (Fsp3) is 0.368. The first-order chi connectivity index (χ1) is 17.3. The van der Waals surface area contributed by atoms with Crippen LogP contribution in [0.1, 0.15) is 10.4 Å². The van der Waals surface area contributed by atoms with Gasteiger partial charge in [0.2, 0.25) is 16.1 Å². The number of amides is 1. The van der Waals surface area contributed by atoms with Gasteiger partial charge in [-0.3, -0.25) is 14.5 Å². The number of ether oxygens (including phenoxy) is 1. The van der Waals surface area contributed by atoms with Crippen molar-refractivity contribution in [3.05, 3.63) is 47.2 Å². The molecule has 0 bridgehead atoms. The first kappa shape index (κ1) is 24.5. The third kappa shape index (κ3) is 3.91. The minimum Gasteiger partial charge on any atom is -0.368 e. The monoisotopic (exact) mass is 549 g/mol. The number of nitrogens with zero attached hydrogens (tertiary/aromatic N) is 9. The number of β-lactam (4-membered cyclic amide) rings is 1. The fourth-order valence-electron chi connectivity index (χ4n) is 3.96. The molecule has 14 nitrogen and oxygen atoms in total. The van der Waals surface area contributed by atoms with Gasteiger partial charge in [0.1, 0.15) is 4.58 Å². The number of methoxy groups -OCH3 is 1. The van der Waals surface area contributed by atoms with Crippen LogP contribution < -0.4 is 0 Å². The van der Waals surface area contributed by atoms with Crippen LogP contribution in [0.25, 0.3) is 0 Å². The molecule has 36 heavy (non-hydrogen) atoms. The van der Waals surface area contributed by atoms with E-state index in [4.69, 9.17) is 4.74 Å². The molecular formula is C19H19N9O5S3. The maximum absolute atomic E-state index is 13.9. The Morgan fingerprint density at radius 3 is 2.28 bits per heavy atom. The predicted molar refractivity (Wildman–Crippen MR) is 126 cm³/mol. The highest BCUT2D eigenvalue weighted by molar-refractivity contribution is 8.14. The molecule has 0 N–H and O–H groups in total. The van der Waals surface area contributed by atoms with E-state index in [2.05, 4.69) is 31.1 Å². The average molecular weight is 550 g/mol. The number of fused-ring (bicyclic) bond motifs is 1. The number of allylic oxidation sites excluding steroid dienone is 1. The molecule has 2 aliphatic rings. The SMILES string of the molecule is CO[C@H]1C(=O)N2C(C(=O)c3ccccc3)=C(CSc3nnnn3C)C(Sc3nnnn3C)S(=O)(=O)[C@H]12. The van der Waals surface area contributed by atoms with Crippen LogP contribution in [0.4, 0.5) is 0 Å². The van der Waals surface area contributed by atoms with Gasteiger partial charge in [0.05, 0.1) is 5.70 Å². The summed E-state index contributed by atoms with van der Waals surface area (Å²) in [5, 5.41) is 21.9. The number of Topliss-reactive ketones (excluding diaryl/α,β-unsaturated/α-hetero) is 1. The van der Waals surface area contributed by atoms with Gasteiger partial charge in [0.25, 0.3) is 5.91 Å². The Labute approximate surface area is 213 Å². The van der Waals surface area contributed by atoms with Crippen LogP contribution in [0.3, 0.4) is 0 Å². The first-order valence-corrected chi connectivity index (χ1v) is 13.9. The minimum absolute atomic E-state index is 0.00502. The molecule has 0 spiro atoms. The Bertz CT molecular complexity index is 1470. The van der Waals surface area contributed by atoms with Crippen LogP contribution in [0.5, 0.6) is 0 Å². The number of rotatable bonds is 8. The molecule has 2 aromatic heterocycles. The number of aromatic nitrogens is 8. The van der Waals surface area contributed by atoms with E-state index in [1.165, 1.54) is 16.5 Å². The standard InChI is InChI=1S/C19H19N9O5S3/c1-26-18(20-22-24-26)34-9-11-12(13(29)10-7-5-4-6-8-10)28-15(30)14(33-3)16(28)36(31,32)17(11)35-19-21-23-25-27(19)2/h4-8,14,16-17H,9H2,1-3H3/t14-,16+,17?/m0/s1. The first-order valence-electron chi connectivity index (χ1n) is 10.4. The molecule has 1 saturated heterocycles. The molecule has 0 aliphatic carbocycles. The van der Waals surface area contributed by atoms with E-state index in [-0.39, 0.29) is 22.2 Å². The van der Waals surface area contributed by atoms with Crippen molar-refractivity contribution in [2.45, 2.75) is 26.4 Å². The lowest BCUT2D eigenvalue weighted by molar-refractivity contribution is -0.158. The zero-order chi connectivity index (χ0) is 25.6. The Morgan fingerprint density at radius 1 is 1.06 bits per heavy atom. The lowest BCUT2D eigenvalue weighted by Gasteiger charge is -2.50. The summed E-state index contributed by atoms with van der Waals surface area (Å²) >= 11 is 2.03. The molecule has 0 radical (unpaired) electrons. The second-order valence-electron chi connectivity index (χ2n) is 7.82. The molecule has 5 rings (SSSR count). The highest BCUT2D eigenvalue weighted by Gasteiger charge is 2.63. The molecule has 1 fully saturated rings. The Hall–Kier alpha value is -3.15. The Balaban J connectivity index is 1.69. The molecule has 188 valence electrons. The number of sulfone groups is 1. The van der Waals surface area contributed by atoms with E-state index < -0.39 is 37.6 Å². The van der Waals surface area contributed by atoms with E-state index in [0.29, 0.717) is 10.7 Å². The summed E-state index contributed by atoms with van der Waals surface area (Å²) in [4.78, 5) is 27.9. The lowest BCUT2D eigenvalue weighted by atomic mass is 9.99. The normalized spacial score (nSPS) is 22.9. The number of ketones is 1. The Morgan fingerprint density at radius 2 is 1.69 bits per heavy atom. The lowest BCUT2D eigenvalue weighted by Crippen LogP contribution is -2.71. The van der Waals surface area contributed by atoms with Gasteiger partial charge in [0, 0.05) is 32.5 Å². The molecule has 4 heterocycles. The largest absolute Gasteiger partial charge is 0.368 e. The number of tetrazole rings is 2. The summed E-state index contributed by atoms with van der Waals surface area (Å²) in [5.41, 5.74) is 0.518. The number of benzene rings is 1. The summed E-state index contributed by atoms with van der Waals surface area (Å²) in [7, 11) is 0.381. The van der Waals surface area contributed by atoms with Crippen molar-refractivity contribution in [3.8, 4) is 0 Å². The van der Waals surface area contributed by atoms with Crippen molar-refractivity contribution >= 4 is 45.1 Å². The van der Waals surface area contributed by atoms with E-state index in [0.717, 1.165) is 28.4 Å². The number of carbonyl (C=O) groups is 2. The number of aryl methyl sites for hydroxylation is 2. The van der Waals surface area contributed by atoms with E-state index in [1.807, 2.05) is 0 Å². The maximum Gasteiger partial charge on any atom is 0.260 e. The van der Waals surface area contributed by atoms with E-state index in [1.54, 1.807) is 44.4 Å². The minimum atomic E-state index is -4.10. The molecule has 1 unspecified atom stereocenters. The van der Waals surface area contributed by atoms with Crippen molar-refractivity contribution < 1.29 is 22.7 Å². The average Bonchev–Trinajstić information content (AvgIpc) is 3.47. The molecule has 3 aromatic rings. The zero-order valence-corrected chi connectivity index (χ0v) is 21.6. The van der Waals surface area contributed by atoms with Crippen molar-refractivity contribution in [3.63, 3.8) is 0 Å². The summed E-state index contributed by atoms with van der Waals surface area (Å²) in [6, 6.07) is 8.36. The molecule has 3 atom stereocenters. The smallest absolute Gasteiger partial charge is 0.260 e. The third-order valence-electron chi connectivity index (χ3n) is 5.70. The zero-order valence-electron chi connectivity index (χ0n) is 19.1. The van der Waals surface area contributed by atoms with Gasteiger partial charge < -0.3 is 4.74 Å². The van der Waals surface area contributed by atoms with Crippen LogP contribution in [0.15, 0.2) is 51.9 Å². The molecule has 1 amide bonds. The van der Waals surface area contributed by atoms with Crippen molar-refractivity contribution in [2.24, 2.45) is 14.1 Å². The van der Waals surface area contributed by atoms with Crippen LogP contribution in [0.2, 0.25) is 0 Å². The number of hydrogen-bond donors (Lipinski definition) is 0. The topological polar surface area (TPSA) is 168 Å². The van der Waals surface area contributed by atoms with Crippen LogP contribution in [-0.4, -0.2) is 94.3 Å². The van der Waals surface area contributed by atoms with Gasteiger partial charge in [-0.05, 0) is 26.4 Å². The third-order valence-corrected chi connectivity index (χ3v) is 10.9. The summed E-state index contributed by atoms with van der Waals surface area (Å²) in [6.07, 6.45) is -1.23.